The van der Waals surface area contributed by atoms with E-state index in [4.69, 9.17) is 9.47 Å². The molecular formula is C15H27NO2. The second-order valence-electron chi connectivity index (χ2n) is 6.70. The molecular weight excluding hydrogens is 226 g/mol. The van der Waals surface area contributed by atoms with Gasteiger partial charge in [0.2, 0.25) is 0 Å². The highest BCUT2D eigenvalue weighted by atomic mass is 16.5. The smallest absolute Gasteiger partial charge is 0.0779 e. The van der Waals surface area contributed by atoms with Crippen LogP contribution in [0.4, 0.5) is 0 Å². The first-order chi connectivity index (χ1) is 8.70. The van der Waals surface area contributed by atoms with E-state index in [2.05, 4.69) is 12.2 Å². The second-order valence-corrected chi connectivity index (χ2v) is 6.70. The number of rotatable bonds is 4. The fourth-order valence-corrected chi connectivity index (χ4v) is 3.90. The summed E-state index contributed by atoms with van der Waals surface area (Å²) in [5.74, 6) is 0. The van der Waals surface area contributed by atoms with Gasteiger partial charge in [-0.2, -0.15) is 0 Å². The summed E-state index contributed by atoms with van der Waals surface area (Å²) in [5.41, 5.74) is 0.351. The van der Waals surface area contributed by atoms with Crippen molar-refractivity contribution in [1.82, 2.24) is 5.32 Å². The Morgan fingerprint density at radius 1 is 1.11 bits per heavy atom. The van der Waals surface area contributed by atoms with Crippen LogP contribution in [0.2, 0.25) is 0 Å². The molecule has 104 valence electrons. The number of ether oxygens (including phenoxy) is 2. The van der Waals surface area contributed by atoms with E-state index in [0.717, 1.165) is 19.7 Å². The van der Waals surface area contributed by atoms with Crippen molar-refractivity contribution in [1.29, 1.82) is 0 Å². The Balaban J connectivity index is 1.39. The highest BCUT2D eigenvalue weighted by Gasteiger charge is 2.42. The molecule has 2 saturated heterocycles. The summed E-state index contributed by atoms with van der Waals surface area (Å²) in [5, 5.41) is 3.57. The zero-order valence-electron chi connectivity index (χ0n) is 11.7. The summed E-state index contributed by atoms with van der Waals surface area (Å²) in [4.78, 5) is 0. The van der Waals surface area contributed by atoms with Crippen molar-refractivity contribution in [2.75, 3.05) is 19.7 Å². The molecule has 3 nitrogen and oxygen atoms in total. The Hall–Kier alpha value is -0.120. The van der Waals surface area contributed by atoms with Gasteiger partial charge in [0.05, 0.1) is 17.3 Å². The Morgan fingerprint density at radius 2 is 1.94 bits per heavy atom. The lowest BCUT2D eigenvalue weighted by molar-refractivity contribution is -0.0381. The van der Waals surface area contributed by atoms with Gasteiger partial charge in [-0.05, 0) is 45.4 Å². The van der Waals surface area contributed by atoms with E-state index in [9.17, 15) is 0 Å². The largest absolute Gasteiger partial charge is 0.374 e. The average Bonchev–Trinajstić information content (AvgIpc) is 3.05. The summed E-state index contributed by atoms with van der Waals surface area (Å²) < 4.78 is 12.1. The fourth-order valence-electron chi connectivity index (χ4n) is 3.90. The van der Waals surface area contributed by atoms with Gasteiger partial charge in [0.15, 0.2) is 0 Å². The molecule has 0 aromatic carbocycles. The van der Waals surface area contributed by atoms with E-state index in [1.165, 1.54) is 51.4 Å². The van der Waals surface area contributed by atoms with Gasteiger partial charge in [-0.25, -0.2) is 0 Å². The lowest BCUT2D eigenvalue weighted by Crippen LogP contribution is -2.40. The molecule has 3 heteroatoms. The molecule has 0 aromatic heterocycles. The molecule has 3 fully saturated rings. The lowest BCUT2D eigenvalue weighted by atomic mass is 9.98. The molecule has 0 aromatic rings. The summed E-state index contributed by atoms with van der Waals surface area (Å²) in [6.07, 6.45) is 10.7. The normalized spacial score (nSPS) is 38.8. The molecule has 2 heterocycles. The number of hydrogen-bond donors (Lipinski definition) is 1. The maximum absolute atomic E-state index is 6.30. The zero-order chi connectivity index (χ0) is 12.5. The van der Waals surface area contributed by atoms with E-state index in [1.807, 2.05) is 0 Å². The predicted octanol–water partition coefficient (Wildman–Crippen LogP) is 2.64. The van der Waals surface area contributed by atoms with Gasteiger partial charge < -0.3 is 14.8 Å². The number of nitrogens with one attached hydrogen (secondary N) is 1. The minimum atomic E-state index is 0.0731. The van der Waals surface area contributed by atoms with Crippen LogP contribution in [0.3, 0.4) is 0 Å². The fraction of sp³-hybridized carbons (Fsp3) is 1.00. The van der Waals surface area contributed by atoms with Crippen LogP contribution in [0, 0.1) is 0 Å². The van der Waals surface area contributed by atoms with Crippen LogP contribution >= 0.6 is 0 Å². The minimum Gasteiger partial charge on any atom is -0.374 e. The van der Waals surface area contributed by atoms with Gasteiger partial charge in [0.1, 0.15) is 0 Å². The Bertz CT molecular complexity index is 280. The first-order valence-corrected chi connectivity index (χ1v) is 7.72. The maximum Gasteiger partial charge on any atom is 0.0779 e. The van der Waals surface area contributed by atoms with Crippen LogP contribution in [-0.4, -0.2) is 37.0 Å². The van der Waals surface area contributed by atoms with E-state index in [0.29, 0.717) is 6.10 Å². The van der Waals surface area contributed by atoms with Crippen molar-refractivity contribution in [3.8, 4) is 0 Å². The third-order valence-corrected chi connectivity index (χ3v) is 5.02. The molecule has 2 unspecified atom stereocenters. The van der Waals surface area contributed by atoms with Crippen LogP contribution in [0.5, 0.6) is 0 Å². The van der Waals surface area contributed by atoms with Crippen molar-refractivity contribution in [3.05, 3.63) is 0 Å². The summed E-state index contributed by atoms with van der Waals surface area (Å²) in [7, 11) is 0. The summed E-state index contributed by atoms with van der Waals surface area (Å²) >= 11 is 0. The van der Waals surface area contributed by atoms with Gasteiger partial charge in [-0.15, -0.1) is 0 Å². The molecule has 18 heavy (non-hydrogen) atoms. The van der Waals surface area contributed by atoms with Gasteiger partial charge >= 0.3 is 0 Å². The van der Waals surface area contributed by atoms with Crippen molar-refractivity contribution < 1.29 is 9.47 Å². The second kappa shape index (κ2) is 5.10. The SMILES string of the molecule is CC1(CNCC2CCC3(CCCC3)O2)CCCO1. The molecule has 0 amide bonds. The first-order valence-electron chi connectivity index (χ1n) is 7.72. The highest BCUT2D eigenvalue weighted by Crippen LogP contribution is 2.43. The average molecular weight is 253 g/mol. The van der Waals surface area contributed by atoms with Gasteiger partial charge in [-0.1, -0.05) is 12.8 Å². The molecule has 2 atom stereocenters. The Kier molecular flexibility index (Phi) is 3.65. The van der Waals surface area contributed by atoms with Crippen LogP contribution < -0.4 is 5.32 Å². The Labute approximate surface area is 111 Å². The van der Waals surface area contributed by atoms with Gasteiger partial charge in [0, 0.05) is 19.7 Å². The molecule has 0 radical (unpaired) electrons. The van der Waals surface area contributed by atoms with E-state index in [1.54, 1.807) is 0 Å². The molecule has 3 aliphatic rings. The molecule has 0 bridgehead atoms. The van der Waals surface area contributed by atoms with Crippen LogP contribution in [0.1, 0.15) is 58.3 Å². The molecule has 2 aliphatic heterocycles. The first kappa shape index (κ1) is 12.9. The number of hydrogen-bond acceptors (Lipinski definition) is 3. The van der Waals surface area contributed by atoms with E-state index < -0.39 is 0 Å². The standard InChI is InChI=1S/C15H27NO2/c1-14(6-4-10-17-14)12-16-11-13-5-9-15(18-13)7-2-3-8-15/h13,16H,2-12H2,1H3. The Morgan fingerprint density at radius 3 is 2.67 bits per heavy atom. The van der Waals surface area contributed by atoms with Crippen LogP contribution in [-0.2, 0) is 9.47 Å². The zero-order valence-corrected chi connectivity index (χ0v) is 11.7. The lowest BCUT2D eigenvalue weighted by Gasteiger charge is -2.26. The van der Waals surface area contributed by atoms with E-state index >= 15 is 0 Å². The topological polar surface area (TPSA) is 30.5 Å². The van der Waals surface area contributed by atoms with E-state index in [-0.39, 0.29) is 11.2 Å². The molecule has 1 spiro atoms. The van der Waals surface area contributed by atoms with Crippen LogP contribution in [0.15, 0.2) is 0 Å². The minimum absolute atomic E-state index is 0.0731. The highest BCUT2D eigenvalue weighted by molar-refractivity contribution is 4.93. The quantitative estimate of drug-likeness (QED) is 0.835. The summed E-state index contributed by atoms with van der Waals surface area (Å²) in [6.45, 7) is 5.13. The van der Waals surface area contributed by atoms with Crippen molar-refractivity contribution in [2.45, 2.75) is 75.6 Å². The van der Waals surface area contributed by atoms with Gasteiger partial charge in [0.25, 0.3) is 0 Å². The third kappa shape index (κ3) is 2.73. The monoisotopic (exact) mass is 253 g/mol. The van der Waals surface area contributed by atoms with Crippen molar-refractivity contribution in [3.63, 3.8) is 0 Å². The van der Waals surface area contributed by atoms with Gasteiger partial charge in [-0.3, -0.25) is 0 Å². The van der Waals surface area contributed by atoms with Crippen molar-refractivity contribution in [2.24, 2.45) is 0 Å². The predicted molar refractivity (Wildman–Crippen MR) is 71.8 cm³/mol. The molecule has 1 N–H and O–H groups in total. The maximum atomic E-state index is 6.30. The molecule has 1 saturated carbocycles. The van der Waals surface area contributed by atoms with Crippen LogP contribution in [0.25, 0.3) is 0 Å². The molecule has 3 rings (SSSR count). The molecule has 1 aliphatic carbocycles. The summed E-state index contributed by atoms with van der Waals surface area (Å²) in [6, 6.07) is 0. The third-order valence-electron chi connectivity index (χ3n) is 5.02. The van der Waals surface area contributed by atoms with Crippen molar-refractivity contribution >= 4 is 0 Å².